The van der Waals surface area contributed by atoms with Gasteiger partial charge in [-0.05, 0) is 32.0 Å². The number of para-hydroxylation sites is 2. The fourth-order valence-electron chi connectivity index (χ4n) is 3.66. The summed E-state index contributed by atoms with van der Waals surface area (Å²) in [6.45, 7) is 4.31. The molecule has 0 spiro atoms. The van der Waals surface area contributed by atoms with Crippen LogP contribution in [0.2, 0.25) is 0 Å². The summed E-state index contributed by atoms with van der Waals surface area (Å²) in [4.78, 5) is 25.3. The number of benzene rings is 2. The number of imidazole rings is 1. The summed E-state index contributed by atoms with van der Waals surface area (Å²) in [5.41, 5.74) is 2.90. The van der Waals surface area contributed by atoms with Gasteiger partial charge in [-0.25, -0.2) is 4.79 Å². The van der Waals surface area contributed by atoms with Gasteiger partial charge in [0, 0.05) is 25.1 Å². The molecule has 1 aliphatic rings. The Kier molecular flexibility index (Phi) is 4.58. The molecule has 0 saturated carbocycles. The van der Waals surface area contributed by atoms with Crippen molar-refractivity contribution in [3.63, 3.8) is 0 Å². The summed E-state index contributed by atoms with van der Waals surface area (Å²) in [5, 5.41) is 2.88. The molecule has 7 nitrogen and oxygen atoms in total. The molecule has 0 bridgehead atoms. The van der Waals surface area contributed by atoms with Gasteiger partial charge in [-0.3, -0.25) is 13.9 Å². The Hall–Kier alpha value is -3.22. The van der Waals surface area contributed by atoms with Crippen LogP contribution in [0.25, 0.3) is 11.0 Å². The van der Waals surface area contributed by atoms with Crippen molar-refractivity contribution in [1.29, 1.82) is 0 Å². The van der Waals surface area contributed by atoms with Gasteiger partial charge in [0.15, 0.2) is 0 Å². The number of fused-ring (bicyclic) bond motifs is 2. The number of hydrogen-bond donors (Lipinski definition) is 1. The molecule has 0 radical (unpaired) electrons. The number of anilines is 1. The van der Waals surface area contributed by atoms with Crippen molar-refractivity contribution in [3.05, 3.63) is 52.4 Å². The zero-order valence-electron chi connectivity index (χ0n) is 16.2. The number of ether oxygens (including phenoxy) is 2. The van der Waals surface area contributed by atoms with Crippen molar-refractivity contribution in [2.24, 2.45) is 7.05 Å². The smallest absolute Gasteiger partial charge is 0.329 e. The van der Waals surface area contributed by atoms with Gasteiger partial charge in [0.1, 0.15) is 24.1 Å². The Morgan fingerprint density at radius 2 is 2.04 bits per heavy atom. The van der Waals surface area contributed by atoms with Gasteiger partial charge in [0.2, 0.25) is 5.91 Å². The molecular formula is C21H23N3O4. The summed E-state index contributed by atoms with van der Waals surface area (Å²) >= 11 is 0. The van der Waals surface area contributed by atoms with E-state index < -0.39 is 0 Å². The fraction of sp³-hybridized carbons (Fsp3) is 0.333. The van der Waals surface area contributed by atoms with Crippen LogP contribution in [0.5, 0.6) is 11.5 Å². The third-order valence-electron chi connectivity index (χ3n) is 4.93. The molecule has 4 rings (SSSR count). The number of carbonyl (C=O) groups is 1. The zero-order valence-corrected chi connectivity index (χ0v) is 16.2. The molecule has 1 N–H and O–H groups in total. The Morgan fingerprint density at radius 1 is 1.29 bits per heavy atom. The molecule has 0 saturated heterocycles. The van der Waals surface area contributed by atoms with Crippen molar-refractivity contribution < 1.29 is 14.3 Å². The molecule has 146 valence electrons. The van der Waals surface area contributed by atoms with Crippen LogP contribution in [0.3, 0.4) is 0 Å². The highest BCUT2D eigenvalue weighted by atomic mass is 16.5. The zero-order chi connectivity index (χ0) is 19.8. The van der Waals surface area contributed by atoms with E-state index >= 15 is 0 Å². The first kappa shape index (κ1) is 18.2. The molecule has 1 aromatic heterocycles. The predicted molar refractivity (Wildman–Crippen MR) is 107 cm³/mol. The van der Waals surface area contributed by atoms with Gasteiger partial charge < -0.3 is 14.8 Å². The third kappa shape index (κ3) is 3.13. The lowest BCUT2D eigenvalue weighted by atomic mass is 10.1. The van der Waals surface area contributed by atoms with Crippen LogP contribution in [0, 0.1) is 0 Å². The lowest BCUT2D eigenvalue weighted by Gasteiger charge is -2.14. The molecule has 1 unspecified atom stereocenters. The maximum absolute atomic E-state index is 12.7. The van der Waals surface area contributed by atoms with Gasteiger partial charge in [0.25, 0.3) is 0 Å². The summed E-state index contributed by atoms with van der Waals surface area (Å²) in [6, 6.07) is 11.1. The average molecular weight is 381 g/mol. The molecule has 1 aliphatic heterocycles. The predicted octanol–water partition coefficient (Wildman–Crippen LogP) is 2.70. The van der Waals surface area contributed by atoms with Crippen molar-refractivity contribution in [2.75, 3.05) is 11.9 Å². The van der Waals surface area contributed by atoms with Crippen molar-refractivity contribution in [3.8, 4) is 11.5 Å². The van der Waals surface area contributed by atoms with Crippen molar-refractivity contribution >= 4 is 22.6 Å². The van der Waals surface area contributed by atoms with Gasteiger partial charge in [-0.1, -0.05) is 12.1 Å². The van der Waals surface area contributed by atoms with E-state index in [0.29, 0.717) is 18.0 Å². The fourth-order valence-corrected chi connectivity index (χ4v) is 3.66. The van der Waals surface area contributed by atoms with Crippen molar-refractivity contribution in [1.82, 2.24) is 9.13 Å². The van der Waals surface area contributed by atoms with Crippen LogP contribution in [0.15, 0.2) is 41.2 Å². The molecule has 7 heteroatoms. The Morgan fingerprint density at radius 3 is 2.79 bits per heavy atom. The second kappa shape index (κ2) is 7.07. The topological polar surface area (TPSA) is 74.5 Å². The summed E-state index contributed by atoms with van der Waals surface area (Å²) in [6.07, 6.45) is 0.916. The highest BCUT2D eigenvalue weighted by Crippen LogP contribution is 2.38. The summed E-state index contributed by atoms with van der Waals surface area (Å²) in [7, 11) is 1.70. The molecule has 1 amide bonds. The van der Waals surface area contributed by atoms with Gasteiger partial charge in [-0.2, -0.15) is 0 Å². The van der Waals surface area contributed by atoms with Crippen LogP contribution in [0.4, 0.5) is 5.69 Å². The number of amides is 1. The van der Waals surface area contributed by atoms with Crippen LogP contribution < -0.4 is 20.5 Å². The minimum absolute atomic E-state index is 0.0832. The largest absolute Gasteiger partial charge is 0.492 e. The molecule has 28 heavy (non-hydrogen) atoms. The Balaban J connectivity index is 1.62. The SMILES string of the molecule is CCOc1cc2c(cc1NC(=O)Cn1c(=O)n(C)c3ccccc31)OC(C)C2. The number of nitrogens with zero attached hydrogens (tertiary/aromatic N) is 2. The van der Waals surface area contributed by atoms with E-state index in [1.807, 2.05) is 44.2 Å². The molecule has 2 aromatic carbocycles. The maximum Gasteiger partial charge on any atom is 0.329 e. The highest BCUT2D eigenvalue weighted by Gasteiger charge is 2.23. The van der Waals surface area contributed by atoms with E-state index in [4.69, 9.17) is 9.47 Å². The summed E-state index contributed by atoms with van der Waals surface area (Å²) in [5.74, 6) is 1.07. The van der Waals surface area contributed by atoms with E-state index in [1.54, 1.807) is 17.7 Å². The first-order valence-corrected chi connectivity index (χ1v) is 9.38. The standard InChI is InChI=1S/C21H23N3O4/c1-4-27-19-10-14-9-13(2)28-18(14)11-15(19)22-20(25)12-24-17-8-6-5-7-16(17)23(3)21(24)26/h5-8,10-11,13H,4,9,12H2,1-3H3,(H,22,25). The lowest BCUT2D eigenvalue weighted by Crippen LogP contribution is -2.28. The number of rotatable bonds is 5. The third-order valence-corrected chi connectivity index (χ3v) is 4.93. The van der Waals surface area contributed by atoms with Crippen molar-refractivity contribution in [2.45, 2.75) is 32.9 Å². The second-order valence-corrected chi connectivity index (χ2v) is 6.99. The van der Waals surface area contributed by atoms with Crippen LogP contribution in [0.1, 0.15) is 19.4 Å². The first-order chi connectivity index (χ1) is 13.5. The van der Waals surface area contributed by atoms with E-state index in [2.05, 4.69) is 5.32 Å². The number of carbonyl (C=O) groups excluding carboxylic acids is 1. The van der Waals surface area contributed by atoms with E-state index in [-0.39, 0.29) is 24.2 Å². The van der Waals surface area contributed by atoms with Gasteiger partial charge in [0.05, 0.1) is 23.3 Å². The van der Waals surface area contributed by atoms with Gasteiger partial charge in [-0.15, -0.1) is 0 Å². The molecule has 1 atom stereocenters. The van der Waals surface area contributed by atoms with Crippen LogP contribution in [-0.2, 0) is 24.8 Å². The minimum Gasteiger partial charge on any atom is -0.492 e. The maximum atomic E-state index is 12.7. The quantitative estimate of drug-likeness (QED) is 0.737. The molecule has 2 heterocycles. The molecule has 0 aliphatic carbocycles. The van der Waals surface area contributed by atoms with Crippen LogP contribution >= 0.6 is 0 Å². The first-order valence-electron chi connectivity index (χ1n) is 9.38. The average Bonchev–Trinajstić information content (AvgIpc) is 3.14. The molecule has 0 fully saturated rings. The minimum atomic E-state index is -0.301. The molecule has 3 aromatic rings. The molecular weight excluding hydrogens is 358 g/mol. The van der Waals surface area contributed by atoms with E-state index in [9.17, 15) is 9.59 Å². The highest BCUT2D eigenvalue weighted by molar-refractivity contribution is 5.93. The number of nitrogens with one attached hydrogen (secondary N) is 1. The van der Waals surface area contributed by atoms with E-state index in [0.717, 1.165) is 28.8 Å². The normalized spacial score (nSPS) is 15.3. The second-order valence-electron chi connectivity index (χ2n) is 6.99. The summed E-state index contributed by atoms with van der Waals surface area (Å²) < 4.78 is 14.5. The van der Waals surface area contributed by atoms with E-state index in [1.165, 1.54) is 4.57 Å². The Labute approximate surface area is 162 Å². The number of aryl methyl sites for hydroxylation is 1. The van der Waals surface area contributed by atoms with Crippen LogP contribution in [-0.4, -0.2) is 27.8 Å². The number of aromatic nitrogens is 2. The lowest BCUT2D eigenvalue weighted by molar-refractivity contribution is -0.116. The van der Waals surface area contributed by atoms with Gasteiger partial charge >= 0.3 is 5.69 Å². The number of hydrogen-bond acceptors (Lipinski definition) is 4. The Bertz CT molecular complexity index is 1110. The monoisotopic (exact) mass is 381 g/mol.